The van der Waals surface area contributed by atoms with Crippen molar-refractivity contribution in [3.63, 3.8) is 0 Å². The number of benzene rings is 3. The molecule has 0 spiro atoms. The summed E-state index contributed by atoms with van der Waals surface area (Å²) in [6, 6.07) is 29.8. The van der Waals surface area contributed by atoms with E-state index in [-0.39, 0.29) is 30.5 Å². The van der Waals surface area contributed by atoms with Gasteiger partial charge in [-0.3, -0.25) is 4.79 Å². The van der Waals surface area contributed by atoms with Crippen LogP contribution >= 0.6 is 0 Å². The quantitative estimate of drug-likeness (QED) is 0.453. The van der Waals surface area contributed by atoms with E-state index in [1.165, 1.54) is 5.56 Å². The summed E-state index contributed by atoms with van der Waals surface area (Å²) in [6.45, 7) is 0.430. The molecule has 3 unspecified atom stereocenters. The smallest absolute Gasteiger partial charge is 0.235 e. The first-order chi connectivity index (χ1) is 17.7. The first kappa shape index (κ1) is 24.4. The fourth-order valence-electron chi connectivity index (χ4n) is 6.44. The number of carbonyl (C=O) groups is 2. The van der Waals surface area contributed by atoms with Gasteiger partial charge in [0.2, 0.25) is 5.91 Å². The van der Waals surface area contributed by atoms with Gasteiger partial charge in [0.25, 0.3) is 0 Å². The molecule has 6 rings (SSSR count). The van der Waals surface area contributed by atoms with Gasteiger partial charge in [-0.1, -0.05) is 91.0 Å². The van der Waals surface area contributed by atoms with Gasteiger partial charge in [-0.05, 0) is 48.9 Å². The minimum absolute atomic E-state index is 0.0840. The molecule has 2 heterocycles. The lowest BCUT2D eigenvalue weighted by Gasteiger charge is -2.60. The molecule has 2 N–H and O–H groups in total. The van der Waals surface area contributed by atoms with Gasteiger partial charge in [-0.25, -0.2) is 0 Å². The highest BCUT2D eigenvalue weighted by molar-refractivity contribution is 5.91. The Morgan fingerprint density at radius 1 is 0.944 bits per heavy atom. The number of hydrogen-bond donors (Lipinski definition) is 2. The Bertz CT molecular complexity index is 1110. The van der Waals surface area contributed by atoms with Gasteiger partial charge in [0, 0.05) is 18.0 Å². The maximum atomic E-state index is 14.4. The van der Waals surface area contributed by atoms with Crippen LogP contribution in [0.1, 0.15) is 41.9 Å². The Morgan fingerprint density at radius 2 is 1.53 bits per heavy atom. The molecule has 1 saturated carbocycles. The molecule has 3 aromatic rings. The minimum atomic E-state index is -1.22. The molecule has 3 fully saturated rings. The average molecular weight is 483 g/mol. The molecule has 0 radical (unpaired) electrons. The summed E-state index contributed by atoms with van der Waals surface area (Å²) in [6.07, 6.45) is 4.20. The number of amides is 1. The molecule has 3 aliphatic rings. The van der Waals surface area contributed by atoms with Crippen molar-refractivity contribution in [1.29, 1.82) is 0 Å². The molecule has 1 amide bonds. The van der Waals surface area contributed by atoms with Gasteiger partial charge in [-0.15, -0.1) is 0 Å². The summed E-state index contributed by atoms with van der Waals surface area (Å²) < 4.78 is 0. The highest BCUT2D eigenvalue weighted by atomic mass is 16.3. The van der Waals surface area contributed by atoms with E-state index < -0.39 is 11.5 Å². The summed E-state index contributed by atoms with van der Waals surface area (Å²) in [5.74, 6) is -0.759. The maximum absolute atomic E-state index is 14.4. The second-order valence-corrected chi connectivity index (χ2v) is 10.1. The van der Waals surface area contributed by atoms with Crippen molar-refractivity contribution in [2.75, 3.05) is 13.2 Å². The molecular weight excluding hydrogens is 448 g/mol. The first-order valence-corrected chi connectivity index (χ1v) is 13.0. The van der Waals surface area contributed by atoms with Crippen LogP contribution in [0.3, 0.4) is 0 Å². The Balaban J connectivity index is 1.43. The molecule has 2 bridgehead atoms. The standard InChI is InChI=1S/C31H34N2O3/c34-21-31(22-35)27-17-16-26(20-28(27)32-19-18-23-10-4-1-5-11-23)33(31)30(36)29(24-12-6-2-7-13-24)25-14-8-3-9-15-25/h1-15,21,26-29,32,35H,16-20,22H2/t26?,27-,28?,31?/m0/s1. The van der Waals surface area contributed by atoms with E-state index in [4.69, 9.17) is 0 Å². The van der Waals surface area contributed by atoms with Crippen LogP contribution in [-0.2, 0) is 16.0 Å². The second-order valence-electron chi connectivity index (χ2n) is 10.1. The van der Waals surface area contributed by atoms with Gasteiger partial charge >= 0.3 is 0 Å². The van der Waals surface area contributed by atoms with Crippen LogP contribution in [0.25, 0.3) is 0 Å². The van der Waals surface area contributed by atoms with Crippen molar-refractivity contribution >= 4 is 12.2 Å². The van der Waals surface area contributed by atoms with Gasteiger partial charge in [0.05, 0.1) is 12.5 Å². The fraction of sp³-hybridized carbons (Fsp3) is 0.355. The van der Waals surface area contributed by atoms with Gasteiger partial charge < -0.3 is 20.1 Å². The molecule has 5 heteroatoms. The highest BCUT2D eigenvalue weighted by Crippen LogP contribution is 2.47. The molecule has 5 nitrogen and oxygen atoms in total. The Kier molecular flexibility index (Phi) is 7.30. The normalized spacial score (nSPS) is 25.2. The van der Waals surface area contributed by atoms with Crippen LogP contribution in [-0.4, -0.2) is 53.0 Å². The van der Waals surface area contributed by atoms with E-state index >= 15 is 0 Å². The topological polar surface area (TPSA) is 69.6 Å². The van der Waals surface area contributed by atoms with Crippen LogP contribution in [0, 0.1) is 5.92 Å². The zero-order valence-electron chi connectivity index (χ0n) is 20.5. The van der Waals surface area contributed by atoms with E-state index in [0.29, 0.717) is 0 Å². The first-order valence-electron chi connectivity index (χ1n) is 13.0. The summed E-state index contributed by atoms with van der Waals surface area (Å²) in [4.78, 5) is 28.9. The number of nitrogens with one attached hydrogen (secondary N) is 1. The van der Waals surface area contributed by atoms with E-state index in [9.17, 15) is 14.7 Å². The SMILES string of the molecule is O=CC1(CO)[C@H]2CCC(CC2NCCc2ccccc2)N1C(=O)C(c1ccccc1)c1ccccc1. The molecular formula is C31H34N2O3. The zero-order valence-corrected chi connectivity index (χ0v) is 20.5. The Morgan fingerprint density at radius 3 is 2.08 bits per heavy atom. The molecule has 186 valence electrons. The number of aliphatic hydroxyl groups excluding tert-OH is 1. The van der Waals surface area contributed by atoms with Crippen molar-refractivity contribution in [2.24, 2.45) is 5.92 Å². The Hall–Kier alpha value is -3.28. The predicted molar refractivity (Wildman–Crippen MR) is 141 cm³/mol. The lowest BCUT2D eigenvalue weighted by molar-refractivity contribution is -0.170. The van der Waals surface area contributed by atoms with Crippen molar-refractivity contribution in [1.82, 2.24) is 10.2 Å². The van der Waals surface area contributed by atoms with Crippen molar-refractivity contribution in [3.8, 4) is 0 Å². The fourth-order valence-corrected chi connectivity index (χ4v) is 6.44. The van der Waals surface area contributed by atoms with Crippen LogP contribution < -0.4 is 5.32 Å². The largest absolute Gasteiger partial charge is 0.393 e. The van der Waals surface area contributed by atoms with E-state index in [1.54, 1.807) is 4.90 Å². The van der Waals surface area contributed by atoms with Crippen LogP contribution in [0.2, 0.25) is 0 Å². The molecule has 4 atom stereocenters. The predicted octanol–water partition coefficient (Wildman–Crippen LogP) is 3.96. The number of piperidine rings is 2. The number of rotatable bonds is 9. The number of aliphatic hydroxyl groups is 1. The Labute approximate surface area is 213 Å². The van der Waals surface area contributed by atoms with Crippen LogP contribution in [0.5, 0.6) is 0 Å². The third-order valence-corrected chi connectivity index (χ3v) is 8.15. The lowest BCUT2D eigenvalue weighted by atomic mass is 9.63. The van der Waals surface area contributed by atoms with Crippen LogP contribution in [0.15, 0.2) is 91.0 Å². The van der Waals surface area contributed by atoms with Crippen LogP contribution in [0.4, 0.5) is 0 Å². The second kappa shape index (κ2) is 10.8. The average Bonchev–Trinajstić information content (AvgIpc) is 2.94. The number of carbonyl (C=O) groups excluding carboxylic acids is 2. The molecule has 2 aliphatic heterocycles. The summed E-state index contributed by atoms with van der Waals surface area (Å²) in [5, 5.41) is 14.3. The minimum Gasteiger partial charge on any atom is -0.393 e. The third-order valence-electron chi connectivity index (χ3n) is 8.15. The number of nitrogens with zero attached hydrogens (tertiary/aromatic N) is 1. The summed E-state index contributed by atoms with van der Waals surface area (Å²) >= 11 is 0. The number of fused-ring (bicyclic) bond motifs is 3. The van der Waals surface area contributed by atoms with E-state index in [2.05, 4.69) is 17.4 Å². The molecule has 0 aromatic heterocycles. The zero-order chi connectivity index (χ0) is 25.0. The molecule has 36 heavy (non-hydrogen) atoms. The van der Waals surface area contributed by atoms with E-state index in [1.807, 2.05) is 78.9 Å². The summed E-state index contributed by atoms with van der Waals surface area (Å²) in [7, 11) is 0. The lowest BCUT2D eigenvalue weighted by Crippen LogP contribution is -2.74. The van der Waals surface area contributed by atoms with Crippen molar-refractivity contribution in [2.45, 2.75) is 49.2 Å². The molecule has 2 saturated heterocycles. The van der Waals surface area contributed by atoms with Gasteiger partial charge in [-0.2, -0.15) is 0 Å². The number of hydrogen-bond acceptors (Lipinski definition) is 4. The van der Waals surface area contributed by atoms with Crippen molar-refractivity contribution in [3.05, 3.63) is 108 Å². The van der Waals surface area contributed by atoms with E-state index in [0.717, 1.165) is 49.6 Å². The molecule has 1 aliphatic carbocycles. The van der Waals surface area contributed by atoms with Gasteiger partial charge in [0.15, 0.2) is 0 Å². The van der Waals surface area contributed by atoms with Gasteiger partial charge in [0.1, 0.15) is 11.8 Å². The highest BCUT2D eigenvalue weighted by Gasteiger charge is 2.59. The number of aldehydes is 1. The maximum Gasteiger partial charge on any atom is 0.235 e. The monoisotopic (exact) mass is 482 g/mol. The van der Waals surface area contributed by atoms with Crippen molar-refractivity contribution < 1.29 is 14.7 Å². The summed E-state index contributed by atoms with van der Waals surface area (Å²) in [5.41, 5.74) is 1.83. The third kappa shape index (κ3) is 4.49. The molecule has 3 aromatic carbocycles.